The molecule has 2 fully saturated rings. The van der Waals surface area contributed by atoms with Gasteiger partial charge in [-0.2, -0.15) is 0 Å². The van der Waals surface area contributed by atoms with E-state index in [-0.39, 0.29) is 5.91 Å². The van der Waals surface area contributed by atoms with Gasteiger partial charge in [0.1, 0.15) is 5.82 Å². The molecular weight excluding hydrogens is 320 g/mol. The zero-order valence-corrected chi connectivity index (χ0v) is 14.5. The van der Waals surface area contributed by atoms with Crippen molar-refractivity contribution in [1.82, 2.24) is 20.1 Å². The van der Waals surface area contributed by atoms with Gasteiger partial charge in [-0.1, -0.05) is 42.8 Å². The number of benzene rings is 1. The highest BCUT2D eigenvalue weighted by molar-refractivity contribution is 7.99. The summed E-state index contributed by atoms with van der Waals surface area (Å²) in [6, 6.07) is 10.5. The zero-order chi connectivity index (χ0) is 16.4. The second-order valence-electron chi connectivity index (χ2n) is 6.61. The summed E-state index contributed by atoms with van der Waals surface area (Å²) in [5.41, 5.74) is 1.04. The molecule has 1 aromatic carbocycles. The summed E-state index contributed by atoms with van der Waals surface area (Å²) in [7, 11) is 0. The van der Waals surface area contributed by atoms with Crippen LogP contribution in [0.15, 0.2) is 35.5 Å². The lowest BCUT2D eigenvalue weighted by molar-refractivity contribution is -0.119. The van der Waals surface area contributed by atoms with Crippen LogP contribution in [0.5, 0.6) is 0 Å². The van der Waals surface area contributed by atoms with Gasteiger partial charge in [0.2, 0.25) is 11.1 Å². The molecule has 0 bridgehead atoms. The van der Waals surface area contributed by atoms with Crippen LogP contribution < -0.4 is 5.32 Å². The van der Waals surface area contributed by atoms with Gasteiger partial charge in [-0.3, -0.25) is 4.79 Å². The van der Waals surface area contributed by atoms with Crippen LogP contribution in [0, 0.1) is 0 Å². The normalized spacial score (nSPS) is 18.0. The number of nitrogens with one attached hydrogen (secondary N) is 1. The summed E-state index contributed by atoms with van der Waals surface area (Å²) in [5.74, 6) is 2.02. The topological polar surface area (TPSA) is 59.8 Å². The van der Waals surface area contributed by atoms with Crippen molar-refractivity contribution in [3.8, 4) is 5.69 Å². The van der Waals surface area contributed by atoms with Gasteiger partial charge in [-0.25, -0.2) is 9.67 Å². The van der Waals surface area contributed by atoms with E-state index in [0.29, 0.717) is 22.9 Å². The number of nitrogens with zero attached hydrogens (tertiary/aromatic N) is 3. The fourth-order valence-electron chi connectivity index (χ4n) is 3.20. The number of amides is 1. The van der Waals surface area contributed by atoms with Crippen LogP contribution >= 0.6 is 11.8 Å². The van der Waals surface area contributed by atoms with Gasteiger partial charge < -0.3 is 5.32 Å². The Labute approximate surface area is 146 Å². The third-order valence-electron chi connectivity index (χ3n) is 4.61. The predicted molar refractivity (Wildman–Crippen MR) is 94.5 cm³/mol. The molecule has 2 aliphatic carbocycles. The standard InChI is InChI=1S/C18H22N4OS/c23-16(19-14-6-4-5-7-14)12-24-18-20-17(13-10-11-13)22(21-18)15-8-2-1-3-9-15/h1-3,8-9,13-14H,4-7,10-12H2,(H,19,23). The van der Waals surface area contributed by atoms with Crippen molar-refractivity contribution < 1.29 is 4.79 Å². The van der Waals surface area contributed by atoms with E-state index < -0.39 is 0 Å². The SMILES string of the molecule is O=C(CSc1nc(C2CC2)n(-c2ccccc2)n1)NC1CCCC1. The maximum absolute atomic E-state index is 12.1. The average molecular weight is 342 g/mol. The summed E-state index contributed by atoms with van der Waals surface area (Å²) in [5, 5.41) is 8.45. The third kappa shape index (κ3) is 3.64. The lowest BCUT2D eigenvalue weighted by atomic mass is 10.2. The van der Waals surface area contributed by atoms with Crippen molar-refractivity contribution in [1.29, 1.82) is 0 Å². The molecule has 0 spiro atoms. The summed E-state index contributed by atoms with van der Waals surface area (Å²) in [6.45, 7) is 0. The van der Waals surface area contributed by atoms with E-state index in [1.165, 1.54) is 37.4 Å². The summed E-state index contributed by atoms with van der Waals surface area (Å²) in [6.07, 6.45) is 7.04. The second-order valence-corrected chi connectivity index (χ2v) is 7.55. The Kier molecular flexibility index (Phi) is 4.56. The van der Waals surface area contributed by atoms with Crippen molar-refractivity contribution in [2.45, 2.75) is 55.6 Å². The molecule has 1 amide bonds. The van der Waals surface area contributed by atoms with E-state index in [2.05, 4.69) is 15.4 Å². The summed E-state index contributed by atoms with van der Waals surface area (Å²) in [4.78, 5) is 16.8. The summed E-state index contributed by atoms with van der Waals surface area (Å²) < 4.78 is 1.94. The van der Waals surface area contributed by atoms with Gasteiger partial charge in [-0.05, 0) is 37.8 Å². The van der Waals surface area contributed by atoms with Gasteiger partial charge in [0.25, 0.3) is 0 Å². The molecule has 1 aromatic heterocycles. The van der Waals surface area contributed by atoms with Crippen molar-refractivity contribution in [3.63, 3.8) is 0 Å². The van der Waals surface area contributed by atoms with Gasteiger partial charge >= 0.3 is 0 Å². The maximum atomic E-state index is 12.1. The number of thioether (sulfide) groups is 1. The Hall–Kier alpha value is -1.82. The molecule has 0 saturated heterocycles. The first-order valence-corrected chi connectivity index (χ1v) is 9.73. The number of para-hydroxylation sites is 1. The average Bonchev–Trinajstić information content (AvgIpc) is 3.16. The zero-order valence-electron chi connectivity index (χ0n) is 13.6. The first-order valence-electron chi connectivity index (χ1n) is 8.74. The minimum Gasteiger partial charge on any atom is -0.353 e. The summed E-state index contributed by atoms with van der Waals surface area (Å²) >= 11 is 1.43. The minimum atomic E-state index is 0.0935. The Morgan fingerprint density at radius 2 is 1.92 bits per heavy atom. The van der Waals surface area contributed by atoms with E-state index in [4.69, 9.17) is 0 Å². The lowest BCUT2D eigenvalue weighted by Crippen LogP contribution is -2.33. The Morgan fingerprint density at radius 3 is 2.62 bits per heavy atom. The second kappa shape index (κ2) is 6.97. The molecule has 0 unspecified atom stereocenters. The highest BCUT2D eigenvalue weighted by atomic mass is 32.2. The van der Waals surface area contributed by atoms with E-state index >= 15 is 0 Å². The molecule has 6 heteroatoms. The van der Waals surface area contributed by atoms with Crippen molar-refractivity contribution in [3.05, 3.63) is 36.2 Å². The fourth-order valence-corrected chi connectivity index (χ4v) is 3.84. The van der Waals surface area contributed by atoms with Crippen LogP contribution in [0.2, 0.25) is 0 Å². The number of rotatable bonds is 6. The largest absolute Gasteiger partial charge is 0.353 e. The van der Waals surface area contributed by atoms with E-state index in [1.54, 1.807) is 0 Å². The first-order chi connectivity index (χ1) is 11.8. The van der Waals surface area contributed by atoms with Crippen molar-refractivity contribution in [2.75, 3.05) is 5.75 Å². The molecule has 4 rings (SSSR count). The van der Waals surface area contributed by atoms with E-state index in [1.807, 2.05) is 35.0 Å². The molecule has 0 radical (unpaired) electrons. The molecule has 126 valence electrons. The van der Waals surface area contributed by atoms with Crippen molar-refractivity contribution in [2.24, 2.45) is 0 Å². The van der Waals surface area contributed by atoms with Gasteiger partial charge in [0, 0.05) is 12.0 Å². The number of hydrogen-bond acceptors (Lipinski definition) is 4. The molecule has 0 atom stereocenters. The van der Waals surface area contributed by atoms with Gasteiger partial charge in [-0.15, -0.1) is 5.10 Å². The number of aromatic nitrogens is 3. The molecule has 24 heavy (non-hydrogen) atoms. The molecule has 5 nitrogen and oxygen atoms in total. The maximum Gasteiger partial charge on any atom is 0.230 e. The van der Waals surface area contributed by atoms with Crippen molar-refractivity contribution >= 4 is 17.7 Å². The van der Waals surface area contributed by atoms with Crippen LogP contribution in [-0.2, 0) is 4.79 Å². The predicted octanol–water partition coefficient (Wildman–Crippen LogP) is 3.30. The van der Waals surface area contributed by atoms with Crippen LogP contribution in [0.1, 0.15) is 50.3 Å². The van der Waals surface area contributed by atoms with Crippen LogP contribution in [0.25, 0.3) is 5.69 Å². The molecule has 1 N–H and O–H groups in total. The molecule has 1 heterocycles. The smallest absolute Gasteiger partial charge is 0.230 e. The molecule has 0 aliphatic heterocycles. The molecule has 2 saturated carbocycles. The fraction of sp³-hybridized carbons (Fsp3) is 0.500. The Morgan fingerprint density at radius 1 is 1.17 bits per heavy atom. The lowest BCUT2D eigenvalue weighted by Gasteiger charge is -2.10. The third-order valence-corrected chi connectivity index (χ3v) is 5.45. The monoisotopic (exact) mass is 342 g/mol. The first kappa shape index (κ1) is 15.7. The Bertz CT molecular complexity index is 705. The Balaban J connectivity index is 1.43. The van der Waals surface area contributed by atoms with E-state index in [9.17, 15) is 4.79 Å². The molecule has 2 aliphatic rings. The highest BCUT2D eigenvalue weighted by Gasteiger charge is 2.30. The van der Waals surface area contributed by atoms with Gasteiger partial charge in [0.15, 0.2) is 0 Å². The number of carbonyl (C=O) groups is 1. The van der Waals surface area contributed by atoms with E-state index in [0.717, 1.165) is 24.4 Å². The molecule has 2 aromatic rings. The van der Waals surface area contributed by atoms with Crippen LogP contribution in [0.3, 0.4) is 0 Å². The molecular formula is C18H22N4OS. The highest BCUT2D eigenvalue weighted by Crippen LogP contribution is 2.40. The van der Waals surface area contributed by atoms with Crippen LogP contribution in [-0.4, -0.2) is 32.5 Å². The quantitative estimate of drug-likeness (QED) is 0.818. The number of carbonyl (C=O) groups excluding carboxylic acids is 1. The van der Waals surface area contributed by atoms with Crippen LogP contribution in [0.4, 0.5) is 0 Å². The number of hydrogen-bond donors (Lipinski definition) is 1. The minimum absolute atomic E-state index is 0.0935. The van der Waals surface area contributed by atoms with Gasteiger partial charge in [0.05, 0.1) is 11.4 Å².